The summed E-state index contributed by atoms with van der Waals surface area (Å²) in [6.45, 7) is 6.75. The average Bonchev–Trinajstić information content (AvgIpc) is 2.28. The molecule has 0 aliphatic carbocycles. The van der Waals surface area contributed by atoms with Crippen LogP contribution in [0.3, 0.4) is 0 Å². The summed E-state index contributed by atoms with van der Waals surface area (Å²) in [6.07, 6.45) is 0. The van der Waals surface area contributed by atoms with Crippen LogP contribution in [0.25, 0.3) is 0 Å². The van der Waals surface area contributed by atoms with Gasteiger partial charge in [0.1, 0.15) is 0 Å². The first-order chi connectivity index (χ1) is 8.08. The van der Waals surface area contributed by atoms with Crippen molar-refractivity contribution in [1.29, 1.82) is 0 Å². The number of thioether (sulfide) groups is 1. The predicted molar refractivity (Wildman–Crippen MR) is 80.3 cm³/mol. The van der Waals surface area contributed by atoms with Crippen molar-refractivity contribution < 1.29 is 0 Å². The number of nitrogens with zero attached hydrogens (tertiary/aromatic N) is 1. The summed E-state index contributed by atoms with van der Waals surface area (Å²) >= 11 is 5.51. The van der Waals surface area contributed by atoms with Crippen molar-refractivity contribution in [3.63, 3.8) is 0 Å². The Labute approximate surface area is 116 Å². The molecular formula is C13H19BrN2S. The number of benzene rings is 1. The molecule has 2 unspecified atom stereocenters. The van der Waals surface area contributed by atoms with Crippen molar-refractivity contribution in [3.05, 3.63) is 28.2 Å². The van der Waals surface area contributed by atoms with Crippen LogP contribution in [-0.2, 0) is 6.54 Å². The molecule has 0 amide bonds. The number of anilines is 1. The minimum absolute atomic E-state index is 0.622. The molecule has 1 heterocycles. The predicted octanol–water partition coefficient (Wildman–Crippen LogP) is 3.36. The quantitative estimate of drug-likeness (QED) is 0.849. The monoisotopic (exact) mass is 314 g/mol. The van der Waals surface area contributed by atoms with Crippen LogP contribution in [-0.4, -0.2) is 28.5 Å². The van der Waals surface area contributed by atoms with Crippen LogP contribution >= 0.6 is 27.7 Å². The van der Waals surface area contributed by atoms with E-state index in [1.54, 1.807) is 0 Å². The molecule has 2 nitrogen and oxygen atoms in total. The molecule has 94 valence electrons. The maximum atomic E-state index is 6.06. The van der Waals surface area contributed by atoms with E-state index in [9.17, 15) is 0 Å². The summed E-state index contributed by atoms with van der Waals surface area (Å²) in [7, 11) is 0. The molecule has 1 fully saturated rings. The van der Waals surface area contributed by atoms with Gasteiger partial charge in [0.2, 0.25) is 0 Å². The molecule has 0 aromatic heterocycles. The Morgan fingerprint density at radius 3 is 2.94 bits per heavy atom. The van der Waals surface area contributed by atoms with E-state index in [2.05, 4.69) is 58.6 Å². The fourth-order valence-electron chi connectivity index (χ4n) is 2.15. The summed E-state index contributed by atoms with van der Waals surface area (Å²) in [5, 5.41) is 0.709. The van der Waals surface area contributed by atoms with Gasteiger partial charge < -0.3 is 5.73 Å². The lowest BCUT2D eigenvalue weighted by Crippen LogP contribution is -2.44. The zero-order chi connectivity index (χ0) is 12.4. The molecule has 1 aliphatic rings. The second-order valence-electron chi connectivity index (χ2n) is 4.63. The van der Waals surface area contributed by atoms with Gasteiger partial charge in [0, 0.05) is 40.3 Å². The fourth-order valence-corrected chi connectivity index (χ4v) is 3.69. The first-order valence-electron chi connectivity index (χ1n) is 5.97. The zero-order valence-electron chi connectivity index (χ0n) is 10.3. The van der Waals surface area contributed by atoms with Crippen LogP contribution in [0.4, 0.5) is 5.69 Å². The molecule has 1 aliphatic heterocycles. The van der Waals surface area contributed by atoms with Gasteiger partial charge in [-0.2, -0.15) is 11.8 Å². The van der Waals surface area contributed by atoms with Crippen molar-refractivity contribution in [2.24, 2.45) is 0 Å². The molecule has 0 spiro atoms. The lowest BCUT2D eigenvalue weighted by Gasteiger charge is -2.37. The van der Waals surface area contributed by atoms with Crippen molar-refractivity contribution in [1.82, 2.24) is 4.90 Å². The Balaban J connectivity index is 2.09. The molecule has 2 rings (SSSR count). The maximum absolute atomic E-state index is 6.06. The highest BCUT2D eigenvalue weighted by molar-refractivity contribution is 9.10. The van der Waals surface area contributed by atoms with Gasteiger partial charge in [0.05, 0.1) is 0 Å². The molecule has 1 aromatic carbocycles. The Morgan fingerprint density at radius 1 is 1.47 bits per heavy atom. The van der Waals surface area contributed by atoms with E-state index in [4.69, 9.17) is 5.73 Å². The molecule has 0 saturated carbocycles. The lowest BCUT2D eigenvalue weighted by atomic mass is 10.1. The van der Waals surface area contributed by atoms with Gasteiger partial charge in [-0.15, -0.1) is 0 Å². The molecule has 1 aromatic rings. The van der Waals surface area contributed by atoms with E-state index in [1.807, 2.05) is 6.07 Å². The third kappa shape index (κ3) is 3.18. The average molecular weight is 315 g/mol. The highest BCUT2D eigenvalue weighted by Crippen LogP contribution is 2.27. The summed E-state index contributed by atoms with van der Waals surface area (Å²) in [5.41, 5.74) is 8.18. The molecular weight excluding hydrogens is 296 g/mol. The van der Waals surface area contributed by atoms with Gasteiger partial charge in [0.25, 0.3) is 0 Å². The van der Waals surface area contributed by atoms with E-state index in [1.165, 1.54) is 11.3 Å². The zero-order valence-corrected chi connectivity index (χ0v) is 12.7. The number of hydrogen-bond acceptors (Lipinski definition) is 3. The summed E-state index contributed by atoms with van der Waals surface area (Å²) in [4.78, 5) is 2.53. The molecule has 0 radical (unpaired) electrons. The molecule has 17 heavy (non-hydrogen) atoms. The molecule has 4 heteroatoms. The molecule has 2 N–H and O–H groups in total. The number of hydrogen-bond donors (Lipinski definition) is 1. The van der Waals surface area contributed by atoms with Gasteiger partial charge in [-0.25, -0.2) is 0 Å². The maximum Gasteiger partial charge on any atom is 0.0371 e. The van der Waals surface area contributed by atoms with Crippen molar-refractivity contribution in [3.8, 4) is 0 Å². The van der Waals surface area contributed by atoms with Gasteiger partial charge in [0.15, 0.2) is 0 Å². The van der Waals surface area contributed by atoms with Crippen LogP contribution in [0.15, 0.2) is 22.7 Å². The largest absolute Gasteiger partial charge is 0.398 e. The van der Waals surface area contributed by atoms with Gasteiger partial charge in [-0.3, -0.25) is 4.90 Å². The SMILES string of the molecule is CC1SCCN(Cc2ccc(Br)cc2N)C1C. The number of halogens is 1. The highest BCUT2D eigenvalue weighted by atomic mass is 79.9. The Kier molecular flexibility index (Phi) is 4.39. The molecule has 1 saturated heterocycles. The van der Waals surface area contributed by atoms with E-state index in [0.717, 1.165) is 23.2 Å². The standard InChI is InChI=1S/C13H19BrN2S/c1-9-10(2)17-6-5-16(9)8-11-3-4-12(14)7-13(11)15/h3-4,7,9-10H,5-6,8,15H2,1-2H3. The van der Waals surface area contributed by atoms with Crippen LogP contribution in [0.2, 0.25) is 0 Å². The van der Waals surface area contributed by atoms with E-state index < -0.39 is 0 Å². The summed E-state index contributed by atoms with van der Waals surface area (Å²) in [6, 6.07) is 6.80. The highest BCUT2D eigenvalue weighted by Gasteiger charge is 2.25. The summed E-state index contributed by atoms with van der Waals surface area (Å²) < 4.78 is 1.05. The second kappa shape index (κ2) is 5.63. The third-order valence-corrected chi connectivity index (χ3v) is 5.33. The van der Waals surface area contributed by atoms with Gasteiger partial charge >= 0.3 is 0 Å². The Hall–Kier alpha value is -0.190. The first-order valence-corrected chi connectivity index (χ1v) is 7.81. The van der Waals surface area contributed by atoms with Crippen LogP contribution in [0.5, 0.6) is 0 Å². The molecule has 2 atom stereocenters. The number of rotatable bonds is 2. The molecule has 0 bridgehead atoms. The van der Waals surface area contributed by atoms with Crippen molar-refractivity contribution in [2.75, 3.05) is 18.0 Å². The smallest absolute Gasteiger partial charge is 0.0371 e. The minimum atomic E-state index is 0.622. The number of nitrogens with two attached hydrogens (primary N) is 1. The number of nitrogen functional groups attached to an aromatic ring is 1. The van der Waals surface area contributed by atoms with Crippen LogP contribution in [0.1, 0.15) is 19.4 Å². The lowest BCUT2D eigenvalue weighted by molar-refractivity contribution is 0.205. The van der Waals surface area contributed by atoms with E-state index >= 15 is 0 Å². The topological polar surface area (TPSA) is 29.3 Å². The fraction of sp³-hybridized carbons (Fsp3) is 0.538. The van der Waals surface area contributed by atoms with Gasteiger partial charge in [-0.1, -0.05) is 28.9 Å². The van der Waals surface area contributed by atoms with E-state index in [-0.39, 0.29) is 0 Å². The second-order valence-corrected chi connectivity index (χ2v) is 7.03. The first kappa shape index (κ1) is 13.2. The van der Waals surface area contributed by atoms with Gasteiger partial charge in [-0.05, 0) is 24.6 Å². The summed E-state index contributed by atoms with van der Waals surface area (Å²) in [5.74, 6) is 1.22. The van der Waals surface area contributed by atoms with E-state index in [0.29, 0.717) is 11.3 Å². The Morgan fingerprint density at radius 2 is 2.24 bits per heavy atom. The third-order valence-electron chi connectivity index (χ3n) is 3.50. The minimum Gasteiger partial charge on any atom is -0.398 e. The van der Waals surface area contributed by atoms with Crippen LogP contribution in [0, 0.1) is 0 Å². The van der Waals surface area contributed by atoms with Crippen molar-refractivity contribution >= 4 is 33.4 Å². The normalized spacial score (nSPS) is 26.1. The Bertz CT molecular complexity index is 397. The van der Waals surface area contributed by atoms with Crippen molar-refractivity contribution in [2.45, 2.75) is 31.7 Å². The van der Waals surface area contributed by atoms with Crippen LogP contribution < -0.4 is 5.73 Å².